The molecule has 5 heteroatoms. The summed E-state index contributed by atoms with van der Waals surface area (Å²) in [6.45, 7) is 1.97. The number of nitrogens with zero attached hydrogens (tertiary/aromatic N) is 1. The fraction of sp³-hybridized carbons (Fsp3) is 0.278. The van der Waals surface area contributed by atoms with Gasteiger partial charge >= 0.3 is 0 Å². The number of benzene rings is 2. The van der Waals surface area contributed by atoms with Crippen LogP contribution < -0.4 is 10.6 Å². The summed E-state index contributed by atoms with van der Waals surface area (Å²) in [7, 11) is 4.13. The normalized spacial score (nSPS) is 10.6. The summed E-state index contributed by atoms with van der Waals surface area (Å²) in [5.41, 5.74) is 2.26. The molecule has 122 valence electrons. The number of rotatable bonds is 7. The van der Waals surface area contributed by atoms with Gasteiger partial charge in [0.05, 0.1) is 10.6 Å². The smallest absolute Gasteiger partial charge is 0.257 e. The third kappa shape index (κ3) is 5.58. The van der Waals surface area contributed by atoms with E-state index in [9.17, 15) is 4.79 Å². The molecule has 0 spiro atoms. The Bertz CT molecular complexity index is 641. The van der Waals surface area contributed by atoms with E-state index < -0.39 is 0 Å². The topological polar surface area (TPSA) is 44.4 Å². The fourth-order valence-corrected chi connectivity index (χ4v) is 2.36. The number of nitrogens with one attached hydrogen (secondary N) is 2. The lowest BCUT2D eigenvalue weighted by atomic mass is 10.2. The van der Waals surface area contributed by atoms with Crippen LogP contribution >= 0.6 is 11.6 Å². The zero-order valence-corrected chi connectivity index (χ0v) is 14.2. The quantitative estimate of drug-likeness (QED) is 0.755. The van der Waals surface area contributed by atoms with Gasteiger partial charge in [-0.15, -0.1) is 0 Å². The van der Waals surface area contributed by atoms with Gasteiger partial charge in [0, 0.05) is 17.9 Å². The predicted molar refractivity (Wildman–Crippen MR) is 97.5 cm³/mol. The molecule has 0 unspecified atom stereocenters. The van der Waals surface area contributed by atoms with Gasteiger partial charge in [-0.1, -0.05) is 23.7 Å². The van der Waals surface area contributed by atoms with Crippen molar-refractivity contribution in [2.24, 2.45) is 0 Å². The van der Waals surface area contributed by atoms with Crippen molar-refractivity contribution in [1.29, 1.82) is 0 Å². The molecule has 23 heavy (non-hydrogen) atoms. The molecule has 2 N–H and O–H groups in total. The Kier molecular flexibility index (Phi) is 6.44. The van der Waals surface area contributed by atoms with Gasteiger partial charge < -0.3 is 15.5 Å². The van der Waals surface area contributed by atoms with E-state index in [-0.39, 0.29) is 5.91 Å². The van der Waals surface area contributed by atoms with Crippen LogP contribution in [0.3, 0.4) is 0 Å². The Balaban J connectivity index is 1.87. The molecule has 0 bridgehead atoms. The molecule has 0 fully saturated rings. The first-order chi connectivity index (χ1) is 11.1. The maximum absolute atomic E-state index is 12.2. The van der Waals surface area contributed by atoms with Crippen molar-refractivity contribution in [2.75, 3.05) is 37.8 Å². The van der Waals surface area contributed by atoms with E-state index >= 15 is 0 Å². The lowest BCUT2D eigenvalue weighted by Crippen LogP contribution is -2.16. The SMILES string of the molecule is CN(C)CCCNc1ccc(NC(=O)c2ccccc2Cl)cc1. The van der Waals surface area contributed by atoms with E-state index in [1.165, 1.54) is 0 Å². The van der Waals surface area contributed by atoms with Gasteiger partial charge in [-0.25, -0.2) is 0 Å². The van der Waals surface area contributed by atoms with Gasteiger partial charge in [0.15, 0.2) is 0 Å². The molecule has 0 aliphatic rings. The molecule has 0 aliphatic carbocycles. The summed E-state index contributed by atoms with van der Waals surface area (Å²) >= 11 is 6.03. The fourth-order valence-electron chi connectivity index (χ4n) is 2.14. The van der Waals surface area contributed by atoms with Crippen LogP contribution in [0.5, 0.6) is 0 Å². The average Bonchev–Trinajstić information content (AvgIpc) is 2.53. The summed E-state index contributed by atoms with van der Waals surface area (Å²) in [5.74, 6) is -0.206. The van der Waals surface area contributed by atoms with Gasteiger partial charge in [0.25, 0.3) is 5.91 Å². The number of amides is 1. The number of carbonyl (C=O) groups excluding carboxylic acids is 1. The van der Waals surface area contributed by atoms with Gasteiger partial charge in [-0.2, -0.15) is 0 Å². The van der Waals surface area contributed by atoms with E-state index in [0.717, 1.165) is 30.9 Å². The van der Waals surface area contributed by atoms with Crippen molar-refractivity contribution < 1.29 is 4.79 Å². The second kappa shape index (κ2) is 8.56. The first kappa shape index (κ1) is 17.3. The van der Waals surface area contributed by atoms with Crippen LogP contribution in [-0.4, -0.2) is 38.0 Å². The maximum atomic E-state index is 12.2. The van der Waals surface area contributed by atoms with E-state index in [0.29, 0.717) is 10.6 Å². The van der Waals surface area contributed by atoms with Gasteiger partial charge in [-0.05, 0) is 63.5 Å². The van der Waals surface area contributed by atoms with Crippen LogP contribution in [0.25, 0.3) is 0 Å². The highest BCUT2D eigenvalue weighted by Crippen LogP contribution is 2.18. The van der Waals surface area contributed by atoms with Crippen molar-refractivity contribution in [1.82, 2.24) is 4.90 Å². The Labute approximate surface area is 142 Å². The maximum Gasteiger partial charge on any atom is 0.257 e. The molecule has 0 saturated heterocycles. The monoisotopic (exact) mass is 331 g/mol. The number of hydrogen-bond acceptors (Lipinski definition) is 3. The highest BCUT2D eigenvalue weighted by molar-refractivity contribution is 6.34. The van der Waals surface area contributed by atoms with Crippen molar-refractivity contribution in [3.63, 3.8) is 0 Å². The third-order valence-electron chi connectivity index (χ3n) is 3.37. The summed E-state index contributed by atoms with van der Waals surface area (Å²) in [5, 5.41) is 6.66. The molecule has 0 radical (unpaired) electrons. The Morgan fingerprint density at radius 1 is 1.04 bits per heavy atom. The zero-order chi connectivity index (χ0) is 16.7. The second-order valence-electron chi connectivity index (χ2n) is 5.59. The minimum absolute atomic E-state index is 0.206. The number of halogens is 1. The highest BCUT2D eigenvalue weighted by Gasteiger charge is 2.09. The Hall–Kier alpha value is -2.04. The van der Waals surface area contributed by atoms with Crippen molar-refractivity contribution in [3.05, 3.63) is 59.1 Å². The highest BCUT2D eigenvalue weighted by atomic mass is 35.5. The molecule has 2 rings (SSSR count). The lowest BCUT2D eigenvalue weighted by Gasteiger charge is -2.11. The first-order valence-electron chi connectivity index (χ1n) is 7.61. The molecule has 4 nitrogen and oxygen atoms in total. The van der Waals surface area contributed by atoms with Crippen molar-refractivity contribution in [3.8, 4) is 0 Å². The Morgan fingerprint density at radius 2 is 1.70 bits per heavy atom. The molecule has 0 aromatic heterocycles. The van der Waals surface area contributed by atoms with Gasteiger partial charge in [0.1, 0.15) is 0 Å². The average molecular weight is 332 g/mol. The Morgan fingerprint density at radius 3 is 2.35 bits per heavy atom. The van der Waals surface area contributed by atoms with E-state index in [4.69, 9.17) is 11.6 Å². The number of anilines is 2. The van der Waals surface area contributed by atoms with Crippen LogP contribution in [0.1, 0.15) is 16.8 Å². The number of hydrogen-bond donors (Lipinski definition) is 2. The van der Waals surface area contributed by atoms with Crippen LogP contribution in [-0.2, 0) is 0 Å². The molecular weight excluding hydrogens is 310 g/mol. The standard InChI is InChI=1S/C18H22ClN3O/c1-22(2)13-5-12-20-14-8-10-15(11-9-14)21-18(23)16-6-3-4-7-17(16)19/h3-4,6-11,20H,5,12-13H2,1-2H3,(H,21,23). The molecule has 0 atom stereocenters. The van der Waals surface area contributed by atoms with E-state index in [2.05, 4.69) is 29.6 Å². The van der Waals surface area contributed by atoms with Crippen LogP contribution in [0, 0.1) is 0 Å². The summed E-state index contributed by atoms with van der Waals surface area (Å²) in [4.78, 5) is 14.3. The van der Waals surface area contributed by atoms with Gasteiger partial charge in [-0.3, -0.25) is 4.79 Å². The predicted octanol–water partition coefficient (Wildman–Crippen LogP) is 3.96. The van der Waals surface area contributed by atoms with Crippen LogP contribution in [0.2, 0.25) is 5.02 Å². The van der Waals surface area contributed by atoms with Gasteiger partial charge in [0.2, 0.25) is 0 Å². The summed E-state index contributed by atoms with van der Waals surface area (Å²) < 4.78 is 0. The molecule has 0 heterocycles. The molecule has 0 aliphatic heterocycles. The van der Waals surface area contributed by atoms with Crippen LogP contribution in [0.4, 0.5) is 11.4 Å². The van der Waals surface area contributed by atoms with E-state index in [1.54, 1.807) is 24.3 Å². The largest absolute Gasteiger partial charge is 0.385 e. The molecule has 2 aromatic carbocycles. The third-order valence-corrected chi connectivity index (χ3v) is 3.70. The first-order valence-corrected chi connectivity index (χ1v) is 7.98. The van der Waals surface area contributed by atoms with Crippen molar-refractivity contribution >= 4 is 28.9 Å². The van der Waals surface area contributed by atoms with E-state index in [1.807, 2.05) is 24.3 Å². The molecular formula is C18H22ClN3O. The summed E-state index contributed by atoms with van der Waals surface area (Å²) in [6.07, 6.45) is 1.08. The van der Waals surface area contributed by atoms with Crippen LogP contribution in [0.15, 0.2) is 48.5 Å². The minimum Gasteiger partial charge on any atom is -0.385 e. The molecule has 0 saturated carbocycles. The van der Waals surface area contributed by atoms with Crippen molar-refractivity contribution in [2.45, 2.75) is 6.42 Å². The zero-order valence-electron chi connectivity index (χ0n) is 13.5. The number of carbonyl (C=O) groups is 1. The lowest BCUT2D eigenvalue weighted by molar-refractivity contribution is 0.102. The molecule has 2 aromatic rings. The summed E-state index contributed by atoms with van der Waals surface area (Å²) in [6, 6.07) is 14.7. The molecule has 1 amide bonds. The minimum atomic E-state index is -0.206. The second-order valence-corrected chi connectivity index (χ2v) is 6.00.